The Balaban J connectivity index is 2.79. The van der Waals surface area contributed by atoms with Crippen LogP contribution in [0.4, 0.5) is 4.39 Å². The van der Waals surface area contributed by atoms with Crippen molar-refractivity contribution < 1.29 is 9.13 Å². The molecule has 4 heteroatoms. The molecule has 0 bridgehead atoms. The number of benzene rings is 1. The van der Waals surface area contributed by atoms with Crippen molar-refractivity contribution in [1.82, 2.24) is 5.32 Å². The summed E-state index contributed by atoms with van der Waals surface area (Å²) in [6.45, 7) is 6.55. The van der Waals surface area contributed by atoms with Crippen molar-refractivity contribution in [2.24, 2.45) is 5.92 Å². The van der Waals surface area contributed by atoms with E-state index in [0.717, 1.165) is 23.1 Å². The molecule has 0 radical (unpaired) electrons. The third kappa shape index (κ3) is 5.85. The molecule has 0 aromatic heterocycles. The SMILES string of the molecule is COCCNC/C(=C/c1cc(F)ccc1Br)C(C)C. The molecule has 0 aliphatic heterocycles. The van der Waals surface area contributed by atoms with Crippen LogP contribution in [0.5, 0.6) is 0 Å². The summed E-state index contributed by atoms with van der Waals surface area (Å²) < 4.78 is 19.2. The first-order valence-electron chi connectivity index (χ1n) is 6.39. The Morgan fingerprint density at radius 3 is 2.84 bits per heavy atom. The van der Waals surface area contributed by atoms with Gasteiger partial charge in [-0.05, 0) is 29.7 Å². The summed E-state index contributed by atoms with van der Waals surface area (Å²) in [7, 11) is 1.69. The number of halogens is 2. The Morgan fingerprint density at radius 2 is 2.21 bits per heavy atom. The molecule has 0 atom stereocenters. The maximum Gasteiger partial charge on any atom is 0.123 e. The Kier molecular flexibility index (Phi) is 7.28. The lowest BCUT2D eigenvalue weighted by Crippen LogP contribution is -2.23. The Labute approximate surface area is 123 Å². The molecular weight excluding hydrogens is 309 g/mol. The average Bonchev–Trinajstić information content (AvgIpc) is 2.37. The first-order valence-corrected chi connectivity index (χ1v) is 7.19. The van der Waals surface area contributed by atoms with Crippen LogP contribution >= 0.6 is 15.9 Å². The van der Waals surface area contributed by atoms with Crippen molar-refractivity contribution in [3.63, 3.8) is 0 Å². The molecule has 19 heavy (non-hydrogen) atoms. The quantitative estimate of drug-likeness (QED) is 0.767. The fourth-order valence-corrected chi connectivity index (χ4v) is 2.01. The van der Waals surface area contributed by atoms with E-state index in [-0.39, 0.29) is 5.82 Å². The fraction of sp³-hybridized carbons (Fsp3) is 0.467. The standard InChI is InChI=1S/C15H21BrFNO/c1-11(2)13(10-18-6-7-19-3)8-12-9-14(17)4-5-15(12)16/h4-5,8-9,11,18H,6-7,10H2,1-3H3/b13-8-. The van der Waals surface area contributed by atoms with Crippen molar-refractivity contribution in [2.45, 2.75) is 13.8 Å². The molecule has 0 heterocycles. The van der Waals surface area contributed by atoms with Gasteiger partial charge in [0.1, 0.15) is 5.82 Å². The zero-order valence-corrected chi connectivity index (χ0v) is 13.3. The molecule has 0 fully saturated rings. The summed E-state index contributed by atoms with van der Waals surface area (Å²) in [5.74, 6) is 0.190. The lowest BCUT2D eigenvalue weighted by Gasteiger charge is -2.13. The third-order valence-corrected chi connectivity index (χ3v) is 3.57. The zero-order chi connectivity index (χ0) is 14.3. The summed E-state index contributed by atoms with van der Waals surface area (Å²) >= 11 is 3.45. The summed E-state index contributed by atoms with van der Waals surface area (Å²) in [6, 6.07) is 4.73. The van der Waals surface area contributed by atoms with Crippen molar-refractivity contribution in [2.75, 3.05) is 26.8 Å². The minimum absolute atomic E-state index is 0.218. The van der Waals surface area contributed by atoms with Gasteiger partial charge in [0.2, 0.25) is 0 Å². The molecule has 0 saturated heterocycles. The van der Waals surface area contributed by atoms with Gasteiger partial charge in [0.25, 0.3) is 0 Å². The molecule has 1 rings (SSSR count). The van der Waals surface area contributed by atoms with Crippen molar-refractivity contribution >= 4 is 22.0 Å². The second kappa shape index (κ2) is 8.46. The smallest absolute Gasteiger partial charge is 0.123 e. The van der Waals surface area contributed by atoms with Gasteiger partial charge in [0.15, 0.2) is 0 Å². The minimum Gasteiger partial charge on any atom is -0.383 e. The molecule has 0 saturated carbocycles. The van der Waals surface area contributed by atoms with Crippen molar-refractivity contribution in [3.05, 3.63) is 39.6 Å². The second-order valence-corrected chi connectivity index (χ2v) is 5.56. The first-order chi connectivity index (χ1) is 9.04. The van der Waals surface area contributed by atoms with Gasteiger partial charge in [-0.25, -0.2) is 4.39 Å². The van der Waals surface area contributed by atoms with Crippen LogP contribution in [0.25, 0.3) is 6.08 Å². The van der Waals surface area contributed by atoms with E-state index in [0.29, 0.717) is 12.5 Å². The highest BCUT2D eigenvalue weighted by molar-refractivity contribution is 9.10. The highest BCUT2D eigenvalue weighted by atomic mass is 79.9. The summed E-state index contributed by atoms with van der Waals surface area (Å²) in [4.78, 5) is 0. The predicted octanol–water partition coefficient (Wildman–Crippen LogP) is 3.86. The van der Waals surface area contributed by atoms with Crippen LogP contribution in [0.2, 0.25) is 0 Å². The number of hydrogen-bond donors (Lipinski definition) is 1. The molecule has 0 unspecified atom stereocenters. The van der Waals surface area contributed by atoms with Gasteiger partial charge in [-0.1, -0.05) is 41.4 Å². The van der Waals surface area contributed by atoms with E-state index in [9.17, 15) is 4.39 Å². The molecule has 106 valence electrons. The predicted molar refractivity (Wildman–Crippen MR) is 81.7 cm³/mol. The van der Waals surface area contributed by atoms with E-state index in [1.54, 1.807) is 19.2 Å². The van der Waals surface area contributed by atoms with Crippen LogP contribution in [-0.2, 0) is 4.74 Å². The topological polar surface area (TPSA) is 21.3 Å². The second-order valence-electron chi connectivity index (χ2n) is 4.71. The Hall–Kier alpha value is -0.710. The van der Waals surface area contributed by atoms with Gasteiger partial charge in [-0.2, -0.15) is 0 Å². The highest BCUT2D eigenvalue weighted by Gasteiger charge is 2.06. The van der Waals surface area contributed by atoms with Crippen molar-refractivity contribution in [1.29, 1.82) is 0 Å². The van der Waals surface area contributed by atoms with E-state index in [1.165, 1.54) is 11.6 Å². The molecule has 1 N–H and O–H groups in total. The van der Waals surface area contributed by atoms with Crippen LogP contribution in [0, 0.1) is 11.7 Å². The third-order valence-electron chi connectivity index (χ3n) is 2.85. The van der Waals surface area contributed by atoms with E-state index in [1.807, 2.05) is 6.08 Å². The molecule has 0 spiro atoms. The van der Waals surface area contributed by atoms with Crippen LogP contribution in [0.3, 0.4) is 0 Å². The number of hydrogen-bond acceptors (Lipinski definition) is 2. The average molecular weight is 330 g/mol. The van der Waals surface area contributed by atoms with E-state index < -0.39 is 0 Å². The largest absolute Gasteiger partial charge is 0.383 e. The maximum atomic E-state index is 13.3. The monoisotopic (exact) mass is 329 g/mol. The number of methoxy groups -OCH3 is 1. The van der Waals surface area contributed by atoms with Gasteiger partial charge in [-0.15, -0.1) is 0 Å². The highest BCUT2D eigenvalue weighted by Crippen LogP contribution is 2.22. The fourth-order valence-electron chi connectivity index (χ4n) is 1.65. The van der Waals surface area contributed by atoms with Gasteiger partial charge >= 0.3 is 0 Å². The summed E-state index contributed by atoms with van der Waals surface area (Å²) in [6.07, 6.45) is 2.04. The first kappa shape index (κ1) is 16.3. The normalized spacial score (nSPS) is 12.2. The van der Waals surface area contributed by atoms with Crippen LogP contribution in [-0.4, -0.2) is 26.8 Å². The molecule has 1 aromatic carbocycles. The molecule has 2 nitrogen and oxygen atoms in total. The molecule has 0 aliphatic carbocycles. The lowest BCUT2D eigenvalue weighted by atomic mass is 10.00. The molecule has 1 aromatic rings. The van der Waals surface area contributed by atoms with Gasteiger partial charge in [-0.3, -0.25) is 0 Å². The number of ether oxygens (including phenoxy) is 1. The van der Waals surface area contributed by atoms with Crippen LogP contribution < -0.4 is 5.32 Å². The molecular formula is C15H21BrFNO. The van der Waals surface area contributed by atoms with E-state index >= 15 is 0 Å². The number of nitrogens with one attached hydrogen (secondary N) is 1. The lowest BCUT2D eigenvalue weighted by molar-refractivity contribution is 0.200. The molecule has 0 aliphatic rings. The number of rotatable bonds is 7. The van der Waals surface area contributed by atoms with Crippen molar-refractivity contribution in [3.8, 4) is 0 Å². The Bertz CT molecular complexity index is 432. The summed E-state index contributed by atoms with van der Waals surface area (Å²) in [5, 5.41) is 3.32. The summed E-state index contributed by atoms with van der Waals surface area (Å²) in [5.41, 5.74) is 2.11. The van der Waals surface area contributed by atoms with Crippen LogP contribution in [0.1, 0.15) is 19.4 Å². The van der Waals surface area contributed by atoms with Gasteiger partial charge in [0.05, 0.1) is 6.61 Å². The van der Waals surface area contributed by atoms with Gasteiger partial charge < -0.3 is 10.1 Å². The van der Waals surface area contributed by atoms with Crippen LogP contribution in [0.15, 0.2) is 28.2 Å². The molecule has 0 amide bonds. The maximum absolute atomic E-state index is 13.3. The Morgan fingerprint density at radius 1 is 1.47 bits per heavy atom. The van der Waals surface area contributed by atoms with Gasteiger partial charge in [0, 0.05) is 24.7 Å². The minimum atomic E-state index is -0.218. The zero-order valence-electron chi connectivity index (χ0n) is 11.7. The van der Waals surface area contributed by atoms with E-state index in [2.05, 4.69) is 35.1 Å². The van der Waals surface area contributed by atoms with E-state index in [4.69, 9.17) is 4.74 Å².